The van der Waals surface area contributed by atoms with E-state index in [1.165, 1.54) is 0 Å². The van der Waals surface area contributed by atoms with Crippen LogP contribution in [0.1, 0.15) is 53.4 Å². The molecule has 7 nitrogen and oxygen atoms in total. The Hall–Kier alpha value is -1.79. The van der Waals surface area contributed by atoms with Crippen molar-refractivity contribution in [3.63, 3.8) is 0 Å². The molecule has 0 aromatic carbocycles. The first-order chi connectivity index (χ1) is 11.1. The third-order valence-corrected chi connectivity index (χ3v) is 3.64. The molecule has 0 spiro atoms. The molecule has 0 saturated carbocycles. The number of carbonyl (C=O) groups excluding carboxylic acids is 1. The van der Waals surface area contributed by atoms with Gasteiger partial charge in [-0.1, -0.05) is 27.7 Å². The first-order valence-corrected chi connectivity index (χ1v) is 8.55. The lowest BCUT2D eigenvalue weighted by molar-refractivity contribution is -0.139. The van der Waals surface area contributed by atoms with Crippen LogP contribution in [0.4, 0.5) is 4.79 Å². The van der Waals surface area contributed by atoms with Crippen LogP contribution in [0.3, 0.4) is 0 Å². The Morgan fingerprint density at radius 2 is 1.08 bits per heavy atom. The van der Waals surface area contributed by atoms with Gasteiger partial charge in [-0.2, -0.15) is 0 Å². The van der Waals surface area contributed by atoms with Gasteiger partial charge in [-0.15, -0.1) is 0 Å². The Balaban J connectivity index is 4.32. The van der Waals surface area contributed by atoms with Gasteiger partial charge >= 0.3 is 18.0 Å². The average molecular weight is 344 g/mol. The largest absolute Gasteiger partial charge is 0.481 e. The van der Waals surface area contributed by atoms with Crippen molar-refractivity contribution >= 4 is 18.0 Å². The molecule has 0 fully saturated rings. The van der Waals surface area contributed by atoms with E-state index in [1.807, 2.05) is 27.7 Å². The lowest BCUT2D eigenvalue weighted by Crippen LogP contribution is -2.41. The lowest BCUT2D eigenvalue weighted by Gasteiger charge is -2.20. The summed E-state index contributed by atoms with van der Waals surface area (Å²) >= 11 is 0. The zero-order chi connectivity index (χ0) is 18.7. The highest BCUT2D eigenvalue weighted by Crippen LogP contribution is 2.16. The lowest BCUT2D eigenvalue weighted by atomic mass is 9.94. The van der Waals surface area contributed by atoms with Gasteiger partial charge in [0, 0.05) is 25.9 Å². The van der Waals surface area contributed by atoms with E-state index in [9.17, 15) is 14.4 Å². The van der Waals surface area contributed by atoms with Crippen LogP contribution in [0.15, 0.2) is 0 Å². The minimum atomic E-state index is -0.874. The van der Waals surface area contributed by atoms with Gasteiger partial charge in [0.05, 0.1) is 0 Å². The number of hydrogen-bond donors (Lipinski definition) is 4. The van der Waals surface area contributed by atoms with Crippen LogP contribution in [0.25, 0.3) is 0 Å². The number of urea groups is 1. The van der Waals surface area contributed by atoms with Crippen LogP contribution in [0, 0.1) is 23.7 Å². The molecule has 140 valence electrons. The minimum absolute atomic E-state index is 0.0213. The van der Waals surface area contributed by atoms with Gasteiger partial charge in [-0.25, -0.2) is 4.79 Å². The first-order valence-electron chi connectivity index (χ1n) is 8.55. The highest BCUT2D eigenvalue weighted by Gasteiger charge is 2.18. The Kier molecular flexibility index (Phi) is 10.8. The van der Waals surface area contributed by atoms with Gasteiger partial charge in [-0.3, -0.25) is 9.59 Å². The molecule has 0 aliphatic heterocycles. The Labute approximate surface area is 144 Å². The normalized spacial score (nSPS) is 13.6. The minimum Gasteiger partial charge on any atom is -0.481 e. The monoisotopic (exact) mass is 344 g/mol. The second kappa shape index (κ2) is 11.7. The van der Waals surface area contributed by atoms with Crippen LogP contribution >= 0.6 is 0 Å². The van der Waals surface area contributed by atoms with E-state index in [0.29, 0.717) is 24.9 Å². The summed E-state index contributed by atoms with van der Waals surface area (Å²) in [5.41, 5.74) is 0. The summed E-state index contributed by atoms with van der Waals surface area (Å²) in [5.74, 6) is -1.27. The maximum atomic E-state index is 11.9. The number of hydrogen-bond acceptors (Lipinski definition) is 3. The predicted molar refractivity (Wildman–Crippen MR) is 91.8 cm³/mol. The van der Waals surface area contributed by atoms with Gasteiger partial charge < -0.3 is 20.8 Å². The molecule has 0 rings (SSSR count). The quantitative estimate of drug-likeness (QED) is 0.434. The fraction of sp³-hybridized carbons (Fsp3) is 0.824. The summed E-state index contributed by atoms with van der Waals surface area (Å²) in [7, 11) is 0. The molecule has 0 heterocycles. The van der Waals surface area contributed by atoms with Gasteiger partial charge in [0.1, 0.15) is 0 Å². The van der Waals surface area contributed by atoms with E-state index < -0.39 is 11.9 Å². The molecule has 0 aromatic heterocycles. The average Bonchev–Trinajstić information content (AvgIpc) is 2.39. The van der Waals surface area contributed by atoms with Crippen molar-refractivity contribution in [2.45, 2.75) is 53.4 Å². The van der Waals surface area contributed by atoms with Crippen molar-refractivity contribution in [1.82, 2.24) is 10.6 Å². The predicted octanol–water partition coefficient (Wildman–Crippen LogP) is 2.56. The molecule has 0 saturated heterocycles. The molecule has 0 aromatic rings. The maximum Gasteiger partial charge on any atom is 0.314 e. The van der Waals surface area contributed by atoms with E-state index >= 15 is 0 Å². The summed E-state index contributed by atoms with van der Waals surface area (Å²) < 4.78 is 0. The van der Waals surface area contributed by atoms with E-state index in [2.05, 4.69) is 10.6 Å². The number of amides is 2. The smallest absolute Gasteiger partial charge is 0.314 e. The van der Waals surface area contributed by atoms with Crippen molar-refractivity contribution < 1.29 is 24.6 Å². The van der Waals surface area contributed by atoms with Crippen LogP contribution in [0.2, 0.25) is 0 Å². The third-order valence-electron chi connectivity index (χ3n) is 3.64. The molecular formula is C17H32N2O5. The number of rotatable bonds is 12. The fourth-order valence-corrected chi connectivity index (χ4v) is 2.84. The zero-order valence-corrected chi connectivity index (χ0v) is 15.2. The molecule has 0 radical (unpaired) electrons. The summed E-state index contributed by atoms with van der Waals surface area (Å²) in [6.45, 7) is 8.64. The van der Waals surface area contributed by atoms with Crippen molar-refractivity contribution in [3.8, 4) is 0 Å². The van der Waals surface area contributed by atoms with Crippen molar-refractivity contribution in [1.29, 1.82) is 0 Å². The number of carbonyl (C=O) groups is 3. The molecule has 24 heavy (non-hydrogen) atoms. The third kappa shape index (κ3) is 12.7. The maximum absolute atomic E-state index is 11.9. The molecule has 4 N–H and O–H groups in total. The Morgan fingerprint density at radius 3 is 1.33 bits per heavy atom. The van der Waals surface area contributed by atoms with Gasteiger partial charge in [0.25, 0.3) is 0 Å². The summed E-state index contributed by atoms with van der Waals surface area (Å²) in [5, 5.41) is 23.2. The van der Waals surface area contributed by atoms with Crippen molar-refractivity contribution in [2.24, 2.45) is 23.7 Å². The van der Waals surface area contributed by atoms with E-state index in [4.69, 9.17) is 10.2 Å². The molecular weight excluding hydrogens is 312 g/mol. The standard InChI is InChI=1S/C17H32N2O5/c1-11(2)5-13(7-15(20)21)9-18-17(24)19-10-14(6-12(3)4)8-16(22)23/h11-14H,5-10H2,1-4H3,(H,20,21)(H,22,23)(H2,18,19,24). The first kappa shape index (κ1) is 22.2. The number of nitrogens with one attached hydrogen (secondary N) is 2. The molecule has 0 bridgehead atoms. The molecule has 7 heteroatoms. The van der Waals surface area contributed by atoms with Gasteiger partial charge in [0.15, 0.2) is 0 Å². The highest BCUT2D eigenvalue weighted by atomic mass is 16.4. The Bertz CT molecular complexity index is 374. The molecule has 0 aliphatic carbocycles. The number of aliphatic carboxylic acids is 2. The van der Waals surface area contributed by atoms with E-state index in [1.54, 1.807) is 0 Å². The summed E-state index contributed by atoms with van der Waals surface area (Å²) in [6.07, 6.45) is 1.49. The van der Waals surface area contributed by atoms with Crippen LogP contribution in [-0.4, -0.2) is 41.3 Å². The topological polar surface area (TPSA) is 116 Å². The zero-order valence-electron chi connectivity index (χ0n) is 15.2. The van der Waals surface area contributed by atoms with E-state index in [-0.39, 0.29) is 30.7 Å². The fourth-order valence-electron chi connectivity index (χ4n) is 2.84. The molecule has 2 amide bonds. The molecule has 2 atom stereocenters. The Morgan fingerprint density at radius 1 is 0.750 bits per heavy atom. The van der Waals surface area contributed by atoms with Gasteiger partial charge in [0.2, 0.25) is 0 Å². The molecule has 0 aliphatic rings. The second-order valence-electron chi connectivity index (χ2n) is 7.28. The van der Waals surface area contributed by atoms with Crippen molar-refractivity contribution in [3.05, 3.63) is 0 Å². The number of carboxylic acid groups (broad SMARTS) is 2. The highest BCUT2D eigenvalue weighted by molar-refractivity contribution is 5.74. The second-order valence-corrected chi connectivity index (χ2v) is 7.28. The van der Waals surface area contributed by atoms with Gasteiger partial charge in [-0.05, 0) is 36.5 Å². The SMILES string of the molecule is CC(C)CC(CNC(=O)NCC(CC(=O)O)CC(C)C)CC(=O)O. The van der Waals surface area contributed by atoms with Crippen LogP contribution in [0.5, 0.6) is 0 Å². The molecule has 2 unspecified atom stereocenters. The van der Waals surface area contributed by atoms with E-state index in [0.717, 1.165) is 12.8 Å². The number of carboxylic acids is 2. The summed E-state index contributed by atoms with van der Waals surface area (Å²) in [4.78, 5) is 33.6. The van der Waals surface area contributed by atoms with Crippen LogP contribution in [-0.2, 0) is 9.59 Å². The summed E-state index contributed by atoms with van der Waals surface area (Å²) in [6, 6.07) is -0.381. The van der Waals surface area contributed by atoms with Crippen LogP contribution < -0.4 is 10.6 Å². The van der Waals surface area contributed by atoms with Crippen molar-refractivity contribution in [2.75, 3.05) is 13.1 Å².